The zero-order chi connectivity index (χ0) is 63.8. The minimum Gasteiger partial charge on any atom is -0.480 e. The number of carboxylic acids is 3. The third-order valence-corrected chi connectivity index (χ3v) is 16.6. The smallest absolute Gasteiger partial charge is 0.408 e. The number of hydrogen-bond acceptors (Lipinski definition) is 14. The second-order valence-corrected chi connectivity index (χ2v) is 29.2. The second kappa shape index (κ2) is 31.5. The number of aromatic carboxylic acids is 2. The van der Waals surface area contributed by atoms with Gasteiger partial charge in [-0.15, -0.1) is 22.7 Å². The molecule has 2 aromatic heterocycles. The summed E-state index contributed by atoms with van der Waals surface area (Å²) in [5.74, 6) is 9.84. The summed E-state index contributed by atoms with van der Waals surface area (Å²) in [6, 6.07) is 3.25. The van der Waals surface area contributed by atoms with E-state index < -0.39 is 53.8 Å². The molecule has 0 aromatic carbocycles. The van der Waals surface area contributed by atoms with E-state index in [1.807, 2.05) is 41.5 Å². The summed E-state index contributed by atoms with van der Waals surface area (Å²) in [6.45, 7) is 26.0. The first kappa shape index (κ1) is 71.3. The number of aliphatic carboxylic acids is 1. The molecule has 0 atom stereocenters. The fraction of sp³-hybridized carbons (Fsp3) is 0.688. The predicted octanol–water partition coefficient (Wildman–Crippen LogP) is 12.3. The van der Waals surface area contributed by atoms with Crippen molar-refractivity contribution in [2.45, 2.75) is 235 Å². The number of esters is 1. The Morgan fingerprint density at radius 2 is 0.882 bits per heavy atom. The van der Waals surface area contributed by atoms with E-state index in [2.05, 4.69) is 48.2 Å². The van der Waals surface area contributed by atoms with Gasteiger partial charge in [0.2, 0.25) is 11.8 Å². The molecule has 0 saturated heterocycles. The van der Waals surface area contributed by atoms with Gasteiger partial charge in [-0.05, 0) is 210 Å². The fourth-order valence-corrected chi connectivity index (χ4v) is 12.0. The summed E-state index contributed by atoms with van der Waals surface area (Å²) in [4.78, 5) is 102. The van der Waals surface area contributed by atoms with E-state index in [1.165, 1.54) is 0 Å². The first-order valence-electron chi connectivity index (χ1n) is 29.9. The lowest BCUT2D eigenvalue weighted by Crippen LogP contribution is -2.47. The molecule has 6 rings (SSSR count). The van der Waals surface area contributed by atoms with Crippen molar-refractivity contribution in [3.8, 4) is 23.7 Å². The summed E-state index contributed by atoms with van der Waals surface area (Å²) in [6.07, 6.45) is 10.0. The quantitative estimate of drug-likeness (QED) is 0.0618. The molecule has 85 heavy (non-hydrogen) atoms. The molecule has 4 saturated carbocycles. The van der Waals surface area contributed by atoms with Crippen molar-refractivity contribution in [1.82, 2.24) is 10.6 Å². The summed E-state index contributed by atoms with van der Waals surface area (Å²) in [7, 11) is 0. The molecule has 4 aliphatic carbocycles. The molecule has 2 aromatic rings. The van der Waals surface area contributed by atoms with Crippen LogP contribution in [0.1, 0.15) is 229 Å². The molecular weight excluding hydrogens is 1130 g/mol. The molecule has 0 aliphatic heterocycles. The zero-order valence-electron chi connectivity index (χ0n) is 52.5. The van der Waals surface area contributed by atoms with Crippen molar-refractivity contribution in [3.63, 3.8) is 0 Å². The molecule has 19 nitrogen and oxygen atoms in total. The van der Waals surface area contributed by atoms with Gasteiger partial charge in [0.25, 0.3) is 0 Å². The maximum absolute atomic E-state index is 14.1. The van der Waals surface area contributed by atoms with Crippen LogP contribution < -0.4 is 20.4 Å². The molecule has 0 spiro atoms. The number of aliphatic hydroxyl groups is 1. The van der Waals surface area contributed by atoms with Gasteiger partial charge in [0, 0.05) is 34.7 Å². The second-order valence-electron chi connectivity index (χ2n) is 27.1. The monoisotopic (exact) mass is 1220 g/mol. The Morgan fingerprint density at radius 3 is 1.21 bits per heavy atom. The standard InChI is InChI=1S/C32H46N2O7S.C25H35NO4S.C7H13NO4/c1-20-8-10-21(11-9-20)28(36)34(25-18-24(16-17-31(2,3)4)42-27(25)29(37)38)22-12-14-23(15-13-22)40-26(35)19-33-30(39)41-32(5,6)7;1-16-5-7-17(8-6-16)23(28)26(18-9-11-19(27)12-10-18)21-15-20(13-14-25(2,3)4)31-22(21)24(29)30;1-7(2,3)12-6(11)8-4-5(9)10/h18,20-23H,8-15,19H2,1-7H3,(H,33,39)(H,37,38);15-19,27H,5-12H2,1-4H3,(H,29,30);4H2,1-3H3,(H,8,11)(H,9,10). The highest BCUT2D eigenvalue weighted by Gasteiger charge is 2.40. The van der Waals surface area contributed by atoms with E-state index in [1.54, 1.807) is 63.5 Å². The lowest BCUT2D eigenvalue weighted by molar-refractivity contribution is -0.149. The van der Waals surface area contributed by atoms with E-state index in [4.69, 9.17) is 19.3 Å². The van der Waals surface area contributed by atoms with Gasteiger partial charge in [-0.1, -0.05) is 37.5 Å². The van der Waals surface area contributed by atoms with Crippen LogP contribution in [0.4, 0.5) is 21.0 Å². The minimum absolute atomic E-state index is 0.0282. The highest BCUT2D eigenvalue weighted by atomic mass is 32.1. The molecule has 2 heterocycles. The maximum Gasteiger partial charge on any atom is 0.408 e. The van der Waals surface area contributed by atoms with E-state index in [0.717, 1.165) is 74.0 Å². The van der Waals surface area contributed by atoms with Gasteiger partial charge in [-0.25, -0.2) is 19.2 Å². The number of carbonyl (C=O) groups is 8. The number of thiophene rings is 2. The van der Waals surface area contributed by atoms with Crippen LogP contribution in [0, 0.1) is 58.2 Å². The van der Waals surface area contributed by atoms with Crippen molar-refractivity contribution in [3.05, 3.63) is 31.6 Å². The third-order valence-electron chi connectivity index (χ3n) is 14.6. The number of amides is 4. The average molecular weight is 1220 g/mol. The molecule has 21 heteroatoms. The van der Waals surface area contributed by atoms with Gasteiger partial charge in [-0.3, -0.25) is 19.2 Å². The van der Waals surface area contributed by atoms with E-state index in [0.29, 0.717) is 84.3 Å². The van der Waals surface area contributed by atoms with Gasteiger partial charge in [-0.2, -0.15) is 0 Å². The van der Waals surface area contributed by atoms with Crippen LogP contribution in [0.25, 0.3) is 0 Å². The summed E-state index contributed by atoms with van der Waals surface area (Å²) < 4.78 is 15.5. The minimum atomic E-state index is -1.10. The molecule has 4 amide bonds. The van der Waals surface area contributed by atoms with Crippen molar-refractivity contribution in [2.75, 3.05) is 22.9 Å². The molecule has 4 fully saturated rings. The van der Waals surface area contributed by atoms with Crippen molar-refractivity contribution >= 4 is 81.9 Å². The third kappa shape index (κ3) is 25.0. The number of nitrogens with zero attached hydrogens (tertiary/aromatic N) is 2. The predicted molar refractivity (Wildman–Crippen MR) is 329 cm³/mol. The van der Waals surface area contributed by atoms with Gasteiger partial charge in [0.15, 0.2) is 0 Å². The largest absolute Gasteiger partial charge is 0.480 e. The number of anilines is 2. The summed E-state index contributed by atoms with van der Waals surface area (Å²) >= 11 is 2.25. The normalized spacial score (nSPS) is 22.4. The molecule has 0 radical (unpaired) electrons. The topological polar surface area (TPSA) is 276 Å². The molecule has 0 bridgehead atoms. The molecule has 0 unspecified atom stereocenters. The molecular formula is C64H94N4O15S2. The number of hydrogen-bond donors (Lipinski definition) is 6. The zero-order valence-corrected chi connectivity index (χ0v) is 54.1. The van der Waals surface area contributed by atoms with Gasteiger partial charge in [0.05, 0.1) is 27.2 Å². The van der Waals surface area contributed by atoms with E-state index >= 15 is 0 Å². The van der Waals surface area contributed by atoms with Crippen LogP contribution in [0.3, 0.4) is 0 Å². The highest BCUT2D eigenvalue weighted by Crippen LogP contribution is 2.41. The van der Waals surface area contributed by atoms with Crippen LogP contribution in [0.5, 0.6) is 0 Å². The number of nitrogens with one attached hydrogen (secondary N) is 2. The molecule has 4 aliphatic rings. The van der Waals surface area contributed by atoms with Crippen LogP contribution in [0.2, 0.25) is 0 Å². The Balaban J connectivity index is 0.000000314. The number of aliphatic hydroxyl groups excluding tert-OH is 1. The fourth-order valence-electron chi connectivity index (χ4n) is 10.3. The Kier molecular flexibility index (Phi) is 26.4. The van der Waals surface area contributed by atoms with Gasteiger partial charge >= 0.3 is 36.1 Å². The Labute approximate surface area is 511 Å². The number of carbonyl (C=O) groups excluding carboxylic acids is 5. The van der Waals surface area contributed by atoms with Crippen LogP contribution in [-0.4, -0.2) is 117 Å². The van der Waals surface area contributed by atoms with Gasteiger partial charge < -0.3 is 55.1 Å². The van der Waals surface area contributed by atoms with Crippen molar-refractivity contribution < 1.29 is 73.0 Å². The maximum atomic E-state index is 14.1. The van der Waals surface area contributed by atoms with Crippen molar-refractivity contribution in [2.24, 2.45) is 34.5 Å². The lowest BCUT2D eigenvalue weighted by atomic mass is 9.81. The first-order chi connectivity index (χ1) is 39.4. The number of alkyl carbamates (subject to hydrolysis) is 2. The van der Waals surface area contributed by atoms with Crippen molar-refractivity contribution in [1.29, 1.82) is 0 Å². The van der Waals surface area contributed by atoms with Crippen LogP contribution in [0.15, 0.2) is 12.1 Å². The molecule has 472 valence electrons. The Hall–Kier alpha value is -6.16. The number of carboxylic acid groups (broad SMARTS) is 3. The Morgan fingerprint density at radius 1 is 0.529 bits per heavy atom. The highest BCUT2D eigenvalue weighted by molar-refractivity contribution is 7.15. The van der Waals surface area contributed by atoms with E-state index in [-0.39, 0.29) is 75.1 Å². The molecule has 6 N–H and O–H groups in total. The SMILES string of the molecule is CC(C)(C)OC(=O)NCC(=O)O.CC1CCC(C(=O)N(c2cc(C#CC(C)(C)C)sc2C(=O)O)C2CCC(O)CC2)CC1.CC1CCC(C(=O)N(c2cc(C#CC(C)(C)C)sc2C(=O)O)C2CCC(OC(=O)CNC(=O)OC(C)(C)C)CC2)CC1. The van der Waals surface area contributed by atoms with E-state index in [9.17, 15) is 53.7 Å². The first-order valence-corrected chi connectivity index (χ1v) is 31.5. The van der Waals surface area contributed by atoms with Crippen LogP contribution in [-0.2, 0) is 33.4 Å². The number of ether oxygens (including phenoxy) is 3. The van der Waals surface area contributed by atoms with Crippen LogP contribution >= 0.6 is 22.7 Å². The lowest BCUT2D eigenvalue weighted by Gasteiger charge is -2.39. The average Bonchev–Trinajstić information content (AvgIpc) is 2.06. The summed E-state index contributed by atoms with van der Waals surface area (Å²) in [5, 5.41) is 42.7. The number of rotatable bonds is 13. The van der Waals surface area contributed by atoms with Gasteiger partial charge in [0.1, 0.15) is 40.1 Å². The Bertz CT molecular complexity index is 2760. The summed E-state index contributed by atoms with van der Waals surface area (Å²) in [5.41, 5.74) is -0.810.